The average molecular weight is 245 g/mol. The summed E-state index contributed by atoms with van der Waals surface area (Å²) in [5.74, 6) is 1.35. The predicted molar refractivity (Wildman–Crippen MR) is 73.3 cm³/mol. The van der Waals surface area contributed by atoms with Gasteiger partial charge in [-0.15, -0.1) is 0 Å². The molecule has 2 unspecified atom stereocenters. The second kappa shape index (κ2) is 6.87. The van der Waals surface area contributed by atoms with Crippen molar-refractivity contribution in [3.63, 3.8) is 0 Å². The lowest BCUT2D eigenvalue weighted by Crippen LogP contribution is -2.39. The molecule has 0 amide bonds. The third-order valence-corrected chi connectivity index (χ3v) is 4.72. The molecule has 1 saturated heterocycles. The van der Waals surface area contributed by atoms with Gasteiger partial charge in [0.2, 0.25) is 0 Å². The lowest BCUT2D eigenvalue weighted by atomic mass is 10.00. The van der Waals surface area contributed by atoms with Gasteiger partial charge in [0.1, 0.15) is 0 Å². The molecule has 0 radical (unpaired) electrons. The van der Waals surface area contributed by atoms with E-state index >= 15 is 0 Å². The Hall–Kier alpha value is 0.270. The van der Waals surface area contributed by atoms with Gasteiger partial charge in [0, 0.05) is 24.9 Å². The lowest BCUT2D eigenvalue weighted by Gasteiger charge is -2.29. The fourth-order valence-electron chi connectivity index (χ4n) is 2.19. The van der Waals surface area contributed by atoms with Crippen LogP contribution in [0.3, 0.4) is 0 Å². The standard InChI is InChI=1S/C13H27NOS/c1-11(9-13(2,3)15-4)14-10-12-7-5-6-8-16-12/h11-12,14H,5-10H2,1-4H3. The first-order valence-corrected chi connectivity index (χ1v) is 7.48. The Labute approximate surface area is 105 Å². The lowest BCUT2D eigenvalue weighted by molar-refractivity contribution is 0.00862. The Kier molecular flexibility index (Phi) is 6.16. The first kappa shape index (κ1) is 14.3. The zero-order chi connectivity index (χ0) is 12.0. The summed E-state index contributed by atoms with van der Waals surface area (Å²) in [5, 5.41) is 4.48. The highest BCUT2D eigenvalue weighted by Gasteiger charge is 2.21. The number of hydrogen-bond donors (Lipinski definition) is 1. The minimum absolute atomic E-state index is 0.00781. The molecule has 1 aliphatic heterocycles. The van der Waals surface area contributed by atoms with E-state index in [1.54, 1.807) is 7.11 Å². The molecule has 0 spiro atoms. The topological polar surface area (TPSA) is 21.3 Å². The monoisotopic (exact) mass is 245 g/mol. The minimum atomic E-state index is -0.00781. The van der Waals surface area contributed by atoms with Gasteiger partial charge >= 0.3 is 0 Å². The summed E-state index contributed by atoms with van der Waals surface area (Å²) in [4.78, 5) is 0. The van der Waals surface area contributed by atoms with Gasteiger partial charge in [0.25, 0.3) is 0 Å². The highest BCUT2D eigenvalue weighted by Crippen LogP contribution is 2.24. The summed E-state index contributed by atoms with van der Waals surface area (Å²) in [5.41, 5.74) is -0.00781. The van der Waals surface area contributed by atoms with Gasteiger partial charge in [-0.25, -0.2) is 0 Å². The molecule has 0 aromatic carbocycles. The van der Waals surface area contributed by atoms with E-state index in [-0.39, 0.29) is 5.60 Å². The normalized spacial score (nSPS) is 24.4. The molecule has 0 bridgehead atoms. The molecule has 96 valence electrons. The van der Waals surface area contributed by atoms with Crippen molar-refractivity contribution in [1.29, 1.82) is 0 Å². The molecule has 0 aromatic rings. The van der Waals surface area contributed by atoms with Gasteiger partial charge in [0.05, 0.1) is 5.60 Å². The van der Waals surface area contributed by atoms with Crippen molar-refractivity contribution in [3.8, 4) is 0 Å². The summed E-state index contributed by atoms with van der Waals surface area (Å²) in [6, 6.07) is 0.539. The number of hydrogen-bond acceptors (Lipinski definition) is 3. The van der Waals surface area contributed by atoms with Crippen LogP contribution in [0.4, 0.5) is 0 Å². The molecular formula is C13H27NOS. The van der Waals surface area contributed by atoms with Crippen molar-refractivity contribution in [1.82, 2.24) is 5.32 Å². The summed E-state index contributed by atoms with van der Waals surface area (Å²) in [6.07, 6.45) is 5.28. The van der Waals surface area contributed by atoms with Gasteiger partial charge in [0.15, 0.2) is 0 Å². The SMILES string of the molecule is COC(C)(C)CC(C)NCC1CCCCS1. The maximum Gasteiger partial charge on any atom is 0.0637 e. The van der Waals surface area contributed by atoms with Crippen LogP contribution in [0.2, 0.25) is 0 Å². The Morgan fingerprint density at radius 2 is 2.19 bits per heavy atom. The predicted octanol–water partition coefficient (Wildman–Crippen LogP) is 3.07. The summed E-state index contributed by atoms with van der Waals surface area (Å²) in [6.45, 7) is 7.72. The number of rotatable bonds is 6. The molecule has 0 saturated carbocycles. The van der Waals surface area contributed by atoms with Crippen molar-refractivity contribution >= 4 is 11.8 Å². The Balaban J connectivity index is 2.16. The smallest absolute Gasteiger partial charge is 0.0637 e. The van der Waals surface area contributed by atoms with Gasteiger partial charge in [-0.3, -0.25) is 0 Å². The van der Waals surface area contributed by atoms with E-state index in [1.165, 1.54) is 25.0 Å². The van der Waals surface area contributed by atoms with E-state index < -0.39 is 0 Å². The zero-order valence-corrected chi connectivity index (χ0v) is 12.0. The molecule has 16 heavy (non-hydrogen) atoms. The Morgan fingerprint density at radius 3 is 2.75 bits per heavy atom. The summed E-state index contributed by atoms with van der Waals surface area (Å²) >= 11 is 2.14. The first-order valence-electron chi connectivity index (χ1n) is 6.43. The van der Waals surface area contributed by atoms with E-state index in [0.29, 0.717) is 6.04 Å². The van der Waals surface area contributed by atoms with Crippen LogP contribution in [0, 0.1) is 0 Å². The van der Waals surface area contributed by atoms with Crippen LogP contribution in [-0.2, 0) is 4.74 Å². The molecule has 3 heteroatoms. The van der Waals surface area contributed by atoms with Crippen molar-refractivity contribution in [2.75, 3.05) is 19.4 Å². The second-order valence-corrected chi connectivity index (χ2v) is 6.87. The largest absolute Gasteiger partial charge is 0.379 e. The molecule has 2 atom stereocenters. The molecular weight excluding hydrogens is 218 g/mol. The summed E-state index contributed by atoms with van der Waals surface area (Å²) < 4.78 is 5.45. The maximum atomic E-state index is 5.45. The highest BCUT2D eigenvalue weighted by atomic mass is 32.2. The van der Waals surface area contributed by atoms with Crippen LogP contribution in [0.1, 0.15) is 46.5 Å². The highest BCUT2D eigenvalue weighted by molar-refractivity contribution is 7.99. The second-order valence-electron chi connectivity index (χ2n) is 5.47. The van der Waals surface area contributed by atoms with E-state index in [4.69, 9.17) is 4.74 Å². The zero-order valence-electron chi connectivity index (χ0n) is 11.2. The molecule has 1 fully saturated rings. The Morgan fingerprint density at radius 1 is 1.44 bits per heavy atom. The van der Waals surface area contributed by atoms with Gasteiger partial charge in [-0.05, 0) is 45.8 Å². The quantitative estimate of drug-likeness (QED) is 0.777. The molecule has 1 heterocycles. The number of nitrogens with one attached hydrogen (secondary N) is 1. The van der Waals surface area contributed by atoms with Crippen molar-refractivity contribution in [2.24, 2.45) is 0 Å². The summed E-state index contributed by atoms with van der Waals surface area (Å²) in [7, 11) is 1.80. The van der Waals surface area contributed by atoms with Gasteiger partial charge in [-0.2, -0.15) is 11.8 Å². The molecule has 0 aliphatic carbocycles. The van der Waals surface area contributed by atoms with Crippen LogP contribution < -0.4 is 5.32 Å². The van der Waals surface area contributed by atoms with Crippen LogP contribution in [0.25, 0.3) is 0 Å². The number of ether oxygens (including phenoxy) is 1. The van der Waals surface area contributed by atoms with Crippen LogP contribution in [0.5, 0.6) is 0 Å². The maximum absolute atomic E-state index is 5.45. The fourth-order valence-corrected chi connectivity index (χ4v) is 3.45. The average Bonchev–Trinajstić information content (AvgIpc) is 2.27. The molecule has 1 aliphatic rings. The van der Waals surface area contributed by atoms with Gasteiger partial charge in [-0.1, -0.05) is 6.42 Å². The number of methoxy groups -OCH3 is 1. The third kappa shape index (κ3) is 5.55. The molecule has 1 N–H and O–H groups in total. The number of thioether (sulfide) groups is 1. The fraction of sp³-hybridized carbons (Fsp3) is 1.00. The van der Waals surface area contributed by atoms with E-state index in [9.17, 15) is 0 Å². The van der Waals surface area contributed by atoms with E-state index in [1.807, 2.05) is 0 Å². The Bertz CT molecular complexity index is 190. The van der Waals surface area contributed by atoms with Crippen LogP contribution in [0.15, 0.2) is 0 Å². The van der Waals surface area contributed by atoms with Crippen LogP contribution >= 0.6 is 11.8 Å². The molecule has 2 nitrogen and oxygen atoms in total. The van der Waals surface area contributed by atoms with E-state index in [0.717, 1.165) is 18.2 Å². The van der Waals surface area contributed by atoms with Crippen LogP contribution in [-0.4, -0.2) is 36.3 Å². The molecule has 1 rings (SSSR count). The van der Waals surface area contributed by atoms with Gasteiger partial charge < -0.3 is 10.1 Å². The minimum Gasteiger partial charge on any atom is -0.379 e. The van der Waals surface area contributed by atoms with E-state index in [2.05, 4.69) is 37.8 Å². The van der Waals surface area contributed by atoms with Crippen molar-refractivity contribution in [2.45, 2.75) is 63.3 Å². The third-order valence-electron chi connectivity index (χ3n) is 3.32. The van der Waals surface area contributed by atoms with Crippen molar-refractivity contribution in [3.05, 3.63) is 0 Å². The molecule has 0 aromatic heterocycles. The first-order chi connectivity index (χ1) is 7.53. The van der Waals surface area contributed by atoms with Crippen molar-refractivity contribution < 1.29 is 4.74 Å².